The largest absolute Gasteiger partial charge is 0.394 e. The van der Waals surface area contributed by atoms with E-state index in [2.05, 4.69) is 5.32 Å². The van der Waals surface area contributed by atoms with E-state index in [1.807, 2.05) is 13.8 Å². The Hall–Kier alpha value is -0.570. The molecule has 16 heavy (non-hydrogen) atoms. The first kappa shape index (κ1) is 11.9. The third-order valence-corrected chi connectivity index (χ3v) is 4.21. The van der Waals surface area contributed by atoms with Crippen LogP contribution in [0.2, 0.25) is 0 Å². The molecule has 3 atom stereocenters. The molecule has 0 radical (unpaired) electrons. The van der Waals surface area contributed by atoms with E-state index in [0.29, 0.717) is 12.3 Å². The number of nitrogens with one attached hydrogen (secondary N) is 1. The molecule has 0 aliphatic heterocycles. The summed E-state index contributed by atoms with van der Waals surface area (Å²) in [5.74, 6) is 2.41. The van der Waals surface area contributed by atoms with Gasteiger partial charge in [0.15, 0.2) is 0 Å². The van der Waals surface area contributed by atoms with Crippen molar-refractivity contribution >= 4 is 5.91 Å². The van der Waals surface area contributed by atoms with Crippen molar-refractivity contribution in [3.63, 3.8) is 0 Å². The summed E-state index contributed by atoms with van der Waals surface area (Å²) in [7, 11) is 0. The predicted octanol–water partition coefficient (Wildman–Crippen LogP) is 1.70. The molecule has 2 aliphatic rings. The quantitative estimate of drug-likeness (QED) is 0.765. The maximum atomic E-state index is 11.8. The fourth-order valence-corrected chi connectivity index (χ4v) is 3.33. The fourth-order valence-electron chi connectivity index (χ4n) is 3.33. The second-order valence-electron chi connectivity index (χ2n) is 6.23. The molecule has 3 unspecified atom stereocenters. The molecule has 3 nitrogen and oxygen atoms in total. The van der Waals surface area contributed by atoms with Crippen molar-refractivity contribution in [3.8, 4) is 0 Å². The van der Waals surface area contributed by atoms with Crippen molar-refractivity contribution in [1.29, 1.82) is 0 Å². The average molecular weight is 225 g/mol. The van der Waals surface area contributed by atoms with E-state index in [4.69, 9.17) is 5.11 Å². The van der Waals surface area contributed by atoms with Gasteiger partial charge >= 0.3 is 0 Å². The lowest BCUT2D eigenvalue weighted by molar-refractivity contribution is -0.124. The van der Waals surface area contributed by atoms with Gasteiger partial charge in [0, 0.05) is 6.42 Å². The maximum Gasteiger partial charge on any atom is 0.220 e. The van der Waals surface area contributed by atoms with E-state index in [0.717, 1.165) is 11.8 Å². The standard InChI is InChI=1S/C13H23NO2/c1-13(2,8-15)14-12(16)7-11-6-9-3-4-10(11)5-9/h9-11,15H,3-8H2,1-2H3,(H,14,16). The van der Waals surface area contributed by atoms with Crippen molar-refractivity contribution in [2.75, 3.05) is 6.61 Å². The molecule has 1 amide bonds. The summed E-state index contributed by atoms with van der Waals surface area (Å²) < 4.78 is 0. The highest BCUT2D eigenvalue weighted by atomic mass is 16.3. The van der Waals surface area contributed by atoms with Crippen LogP contribution in [0.25, 0.3) is 0 Å². The smallest absolute Gasteiger partial charge is 0.220 e. The lowest BCUT2D eigenvalue weighted by Crippen LogP contribution is -2.46. The van der Waals surface area contributed by atoms with Gasteiger partial charge in [0.1, 0.15) is 0 Å². The molecule has 3 heteroatoms. The van der Waals surface area contributed by atoms with Gasteiger partial charge in [-0.3, -0.25) is 4.79 Å². The Kier molecular flexibility index (Phi) is 3.24. The van der Waals surface area contributed by atoms with Gasteiger partial charge in [0.2, 0.25) is 5.91 Å². The molecule has 92 valence electrons. The zero-order valence-corrected chi connectivity index (χ0v) is 10.3. The lowest BCUT2D eigenvalue weighted by atomic mass is 9.86. The number of hydrogen-bond donors (Lipinski definition) is 2. The minimum absolute atomic E-state index is 0.00450. The van der Waals surface area contributed by atoms with Crippen LogP contribution in [0.1, 0.15) is 46.0 Å². The van der Waals surface area contributed by atoms with Crippen LogP contribution >= 0.6 is 0 Å². The van der Waals surface area contributed by atoms with E-state index >= 15 is 0 Å². The molecular formula is C13H23NO2. The van der Waals surface area contributed by atoms with Gasteiger partial charge < -0.3 is 10.4 Å². The number of fused-ring (bicyclic) bond motifs is 2. The highest BCUT2D eigenvalue weighted by Crippen LogP contribution is 2.49. The number of rotatable bonds is 4. The zero-order valence-electron chi connectivity index (χ0n) is 10.3. The number of hydrogen-bond acceptors (Lipinski definition) is 2. The van der Waals surface area contributed by atoms with E-state index in [9.17, 15) is 4.79 Å². The Labute approximate surface area is 97.6 Å². The van der Waals surface area contributed by atoms with Crippen LogP contribution in [0.3, 0.4) is 0 Å². The molecule has 2 bridgehead atoms. The summed E-state index contributed by atoms with van der Waals surface area (Å²) in [5, 5.41) is 12.0. The summed E-state index contributed by atoms with van der Waals surface area (Å²) in [5.41, 5.74) is -0.477. The Balaban J connectivity index is 1.80. The van der Waals surface area contributed by atoms with Crippen molar-refractivity contribution in [2.24, 2.45) is 17.8 Å². The molecule has 0 spiro atoms. The number of aliphatic hydroxyl groups excluding tert-OH is 1. The maximum absolute atomic E-state index is 11.8. The minimum Gasteiger partial charge on any atom is -0.394 e. The molecule has 2 saturated carbocycles. The monoisotopic (exact) mass is 225 g/mol. The molecule has 2 N–H and O–H groups in total. The van der Waals surface area contributed by atoms with Gasteiger partial charge in [-0.25, -0.2) is 0 Å². The Morgan fingerprint density at radius 3 is 2.62 bits per heavy atom. The lowest BCUT2D eigenvalue weighted by Gasteiger charge is -2.26. The van der Waals surface area contributed by atoms with Gasteiger partial charge in [-0.15, -0.1) is 0 Å². The first-order valence-corrected chi connectivity index (χ1v) is 6.42. The predicted molar refractivity (Wildman–Crippen MR) is 62.9 cm³/mol. The molecule has 0 aromatic heterocycles. The second-order valence-corrected chi connectivity index (χ2v) is 6.23. The van der Waals surface area contributed by atoms with Crippen LogP contribution in [-0.4, -0.2) is 23.2 Å². The number of aliphatic hydroxyl groups is 1. The number of carbonyl (C=O) groups excluding carboxylic acids is 1. The highest BCUT2D eigenvalue weighted by molar-refractivity contribution is 5.77. The third-order valence-electron chi connectivity index (χ3n) is 4.21. The van der Waals surface area contributed by atoms with Gasteiger partial charge in [0.05, 0.1) is 12.1 Å². The van der Waals surface area contributed by atoms with Crippen molar-refractivity contribution in [2.45, 2.75) is 51.5 Å². The third kappa shape index (κ3) is 2.57. The van der Waals surface area contributed by atoms with Crippen LogP contribution in [0, 0.1) is 17.8 Å². The van der Waals surface area contributed by atoms with Crippen LogP contribution in [0.4, 0.5) is 0 Å². The molecule has 0 aromatic carbocycles. The Bertz CT molecular complexity index is 275. The molecule has 0 aromatic rings. The summed E-state index contributed by atoms with van der Waals surface area (Å²) in [6.07, 6.45) is 5.96. The minimum atomic E-state index is -0.477. The Morgan fingerprint density at radius 1 is 1.38 bits per heavy atom. The summed E-state index contributed by atoms with van der Waals surface area (Å²) in [4.78, 5) is 11.8. The summed E-state index contributed by atoms with van der Waals surface area (Å²) in [6, 6.07) is 0. The van der Waals surface area contributed by atoms with Crippen LogP contribution < -0.4 is 5.32 Å². The number of carbonyl (C=O) groups is 1. The van der Waals surface area contributed by atoms with Crippen molar-refractivity contribution in [3.05, 3.63) is 0 Å². The SMILES string of the molecule is CC(C)(CO)NC(=O)CC1CC2CCC1C2. The molecule has 0 heterocycles. The second kappa shape index (κ2) is 4.36. The average Bonchev–Trinajstić information content (AvgIpc) is 2.78. The van der Waals surface area contributed by atoms with Gasteiger partial charge in [-0.1, -0.05) is 6.42 Å². The fraction of sp³-hybridized carbons (Fsp3) is 0.923. The van der Waals surface area contributed by atoms with E-state index in [1.54, 1.807) is 0 Å². The summed E-state index contributed by atoms with van der Waals surface area (Å²) >= 11 is 0. The van der Waals surface area contributed by atoms with Crippen molar-refractivity contribution < 1.29 is 9.90 Å². The van der Waals surface area contributed by atoms with Crippen LogP contribution in [0.5, 0.6) is 0 Å². The molecular weight excluding hydrogens is 202 g/mol. The summed E-state index contributed by atoms with van der Waals surface area (Å²) in [6.45, 7) is 3.70. The highest BCUT2D eigenvalue weighted by Gasteiger charge is 2.40. The first-order valence-electron chi connectivity index (χ1n) is 6.42. The van der Waals surface area contributed by atoms with Crippen molar-refractivity contribution in [1.82, 2.24) is 5.32 Å². The number of amides is 1. The van der Waals surface area contributed by atoms with Crippen LogP contribution in [0.15, 0.2) is 0 Å². The van der Waals surface area contributed by atoms with E-state index < -0.39 is 5.54 Å². The van der Waals surface area contributed by atoms with Crippen LogP contribution in [-0.2, 0) is 4.79 Å². The normalized spacial score (nSPS) is 33.1. The first-order chi connectivity index (χ1) is 7.50. The topological polar surface area (TPSA) is 49.3 Å². The van der Waals surface area contributed by atoms with E-state index in [1.165, 1.54) is 25.7 Å². The van der Waals surface area contributed by atoms with Gasteiger partial charge in [-0.05, 0) is 50.9 Å². The van der Waals surface area contributed by atoms with Gasteiger partial charge in [-0.2, -0.15) is 0 Å². The molecule has 0 saturated heterocycles. The molecule has 2 aliphatic carbocycles. The Morgan fingerprint density at radius 2 is 2.12 bits per heavy atom. The zero-order chi connectivity index (χ0) is 11.8. The molecule has 2 fully saturated rings. The van der Waals surface area contributed by atoms with Gasteiger partial charge in [0.25, 0.3) is 0 Å². The van der Waals surface area contributed by atoms with E-state index in [-0.39, 0.29) is 12.5 Å². The molecule has 2 rings (SSSR count).